The molecule has 0 spiro atoms. The fourth-order valence-electron chi connectivity index (χ4n) is 3.56. The molecular weight excluding hydrogens is 258 g/mol. The van der Waals surface area contributed by atoms with Crippen LogP contribution in [0.5, 0.6) is 0 Å². The monoisotopic (exact) mass is 289 g/mol. The number of hydrogen-bond acceptors (Lipinski definition) is 3. The highest BCUT2D eigenvalue weighted by molar-refractivity contribution is 5.09. The fraction of sp³-hybridized carbons (Fsp3) is 0.722. The molecule has 0 bridgehead atoms. The topological polar surface area (TPSA) is 28.2 Å². The Hall–Kier alpha value is -0.930. The molecule has 0 radical (unpaired) electrons. The van der Waals surface area contributed by atoms with Crippen LogP contribution in [0.25, 0.3) is 0 Å². The zero-order valence-corrected chi connectivity index (χ0v) is 13.9. The maximum atomic E-state index is 4.10. The summed E-state index contributed by atoms with van der Waals surface area (Å²) in [4.78, 5) is 6.57. The quantitative estimate of drug-likeness (QED) is 0.834. The van der Waals surface area contributed by atoms with Gasteiger partial charge in [-0.15, -0.1) is 0 Å². The molecule has 2 rings (SSSR count). The van der Waals surface area contributed by atoms with Gasteiger partial charge >= 0.3 is 0 Å². The van der Waals surface area contributed by atoms with Crippen LogP contribution >= 0.6 is 0 Å². The Balaban J connectivity index is 1.87. The third kappa shape index (κ3) is 5.40. The van der Waals surface area contributed by atoms with Crippen molar-refractivity contribution >= 4 is 0 Å². The molecule has 0 aliphatic heterocycles. The van der Waals surface area contributed by atoms with Crippen molar-refractivity contribution in [3.8, 4) is 0 Å². The molecule has 0 saturated heterocycles. The molecule has 1 aliphatic carbocycles. The number of hydrogen-bond donors (Lipinski definition) is 1. The van der Waals surface area contributed by atoms with Crippen LogP contribution in [0, 0.1) is 11.8 Å². The van der Waals surface area contributed by atoms with Crippen molar-refractivity contribution in [1.29, 1.82) is 0 Å². The Morgan fingerprint density at radius 2 is 2.05 bits per heavy atom. The normalized spacial score (nSPS) is 26.2. The van der Waals surface area contributed by atoms with Crippen LogP contribution in [0.2, 0.25) is 0 Å². The summed E-state index contributed by atoms with van der Waals surface area (Å²) in [7, 11) is 2.25. The van der Waals surface area contributed by atoms with E-state index in [9.17, 15) is 0 Å². The number of pyridine rings is 1. The van der Waals surface area contributed by atoms with Gasteiger partial charge in [-0.1, -0.05) is 13.8 Å². The van der Waals surface area contributed by atoms with E-state index >= 15 is 0 Å². The van der Waals surface area contributed by atoms with E-state index < -0.39 is 0 Å². The second kappa shape index (κ2) is 8.50. The molecule has 3 unspecified atom stereocenters. The molecule has 1 N–H and O–H groups in total. The second-order valence-electron chi connectivity index (χ2n) is 6.79. The highest BCUT2D eigenvalue weighted by Gasteiger charge is 2.28. The molecule has 1 fully saturated rings. The van der Waals surface area contributed by atoms with Crippen LogP contribution in [0.3, 0.4) is 0 Å². The fourth-order valence-corrected chi connectivity index (χ4v) is 3.56. The molecule has 3 heteroatoms. The van der Waals surface area contributed by atoms with Gasteiger partial charge in [0, 0.05) is 31.5 Å². The van der Waals surface area contributed by atoms with Crippen molar-refractivity contribution in [3.63, 3.8) is 0 Å². The van der Waals surface area contributed by atoms with Gasteiger partial charge in [0.05, 0.1) is 0 Å². The van der Waals surface area contributed by atoms with Gasteiger partial charge in [0.15, 0.2) is 0 Å². The summed E-state index contributed by atoms with van der Waals surface area (Å²) >= 11 is 0. The number of nitrogens with one attached hydrogen (secondary N) is 1. The van der Waals surface area contributed by atoms with Crippen molar-refractivity contribution < 1.29 is 0 Å². The Kier molecular flexibility index (Phi) is 6.65. The summed E-state index contributed by atoms with van der Waals surface area (Å²) in [6.45, 7) is 8.03. The summed E-state index contributed by atoms with van der Waals surface area (Å²) in [5.41, 5.74) is 1.36. The smallest absolute Gasteiger partial charge is 0.0271 e. The minimum absolute atomic E-state index is 0.709. The summed E-state index contributed by atoms with van der Waals surface area (Å²) in [6, 6.07) is 4.95. The molecule has 1 aliphatic rings. The summed E-state index contributed by atoms with van der Waals surface area (Å²) in [5, 5.41) is 3.77. The Morgan fingerprint density at radius 3 is 2.76 bits per heavy atom. The minimum Gasteiger partial charge on any atom is -0.314 e. The van der Waals surface area contributed by atoms with Crippen LogP contribution in [0.4, 0.5) is 0 Å². The molecular formula is C18H31N3. The second-order valence-corrected chi connectivity index (χ2v) is 6.79. The first-order chi connectivity index (χ1) is 10.2. The van der Waals surface area contributed by atoms with Crippen LogP contribution in [0.1, 0.15) is 45.1 Å². The average molecular weight is 289 g/mol. The number of aromatic nitrogens is 1. The third-order valence-electron chi connectivity index (χ3n) is 4.65. The van der Waals surface area contributed by atoms with Gasteiger partial charge in [-0.3, -0.25) is 4.98 Å². The van der Waals surface area contributed by atoms with Gasteiger partial charge in [0.2, 0.25) is 0 Å². The minimum atomic E-state index is 0.709. The van der Waals surface area contributed by atoms with Gasteiger partial charge in [0.1, 0.15) is 0 Å². The maximum Gasteiger partial charge on any atom is 0.0271 e. The van der Waals surface area contributed by atoms with Crippen molar-refractivity contribution in [1.82, 2.24) is 15.2 Å². The van der Waals surface area contributed by atoms with E-state index in [1.165, 1.54) is 37.8 Å². The lowest BCUT2D eigenvalue weighted by Crippen LogP contribution is -2.45. The van der Waals surface area contributed by atoms with Crippen molar-refractivity contribution in [3.05, 3.63) is 30.1 Å². The third-order valence-corrected chi connectivity index (χ3v) is 4.65. The van der Waals surface area contributed by atoms with Gasteiger partial charge < -0.3 is 10.2 Å². The van der Waals surface area contributed by atoms with E-state index in [0.717, 1.165) is 24.9 Å². The van der Waals surface area contributed by atoms with Crippen molar-refractivity contribution in [2.45, 2.75) is 52.1 Å². The first kappa shape index (κ1) is 16.4. The molecule has 0 aromatic carbocycles. The van der Waals surface area contributed by atoms with E-state index in [2.05, 4.69) is 48.2 Å². The summed E-state index contributed by atoms with van der Waals surface area (Å²) < 4.78 is 0. The number of rotatable bonds is 7. The van der Waals surface area contributed by atoms with Crippen molar-refractivity contribution in [2.24, 2.45) is 11.8 Å². The highest BCUT2D eigenvalue weighted by Crippen LogP contribution is 2.29. The van der Waals surface area contributed by atoms with E-state index in [-0.39, 0.29) is 0 Å². The molecule has 21 heavy (non-hydrogen) atoms. The van der Waals surface area contributed by atoms with Gasteiger partial charge in [-0.25, -0.2) is 0 Å². The predicted octanol–water partition coefficient (Wildman–Crippen LogP) is 3.32. The molecule has 3 nitrogen and oxygen atoms in total. The van der Waals surface area contributed by atoms with Crippen LogP contribution in [0.15, 0.2) is 24.5 Å². The van der Waals surface area contributed by atoms with Gasteiger partial charge in [-0.05, 0) is 68.8 Å². The van der Waals surface area contributed by atoms with Crippen LogP contribution in [-0.4, -0.2) is 36.1 Å². The number of nitrogens with zero attached hydrogens (tertiary/aromatic N) is 2. The Bertz CT molecular complexity index is 391. The molecule has 3 atom stereocenters. The molecule has 1 aromatic rings. The van der Waals surface area contributed by atoms with E-state index in [1.54, 1.807) is 0 Å². The zero-order valence-electron chi connectivity index (χ0n) is 13.9. The first-order valence-corrected chi connectivity index (χ1v) is 8.49. The van der Waals surface area contributed by atoms with Crippen LogP contribution < -0.4 is 5.32 Å². The Labute approximate surface area is 130 Å². The molecule has 1 saturated carbocycles. The van der Waals surface area contributed by atoms with Crippen LogP contribution in [-0.2, 0) is 6.54 Å². The summed E-state index contributed by atoms with van der Waals surface area (Å²) in [5.74, 6) is 1.66. The lowest BCUT2D eigenvalue weighted by atomic mass is 9.78. The van der Waals surface area contributed by atoms with Crippen molar-refractivity contribution in [2.75, 3.05) is 20.1 Å². The maximum absolute atomic E-state index is 4.10. The zero-order chi connectivity index (χ0) is 15.1. The van der Waals surface area contributed by atoms with Gasteiger partial charge in [0.25, 0.3) is 0 Å². The lowest BCUT2D eigenvalue weighted by molar-refractivity contribution is 0.157. The Morgan fingerprint density at radius 1 is 1.29 bits per heavy atom. The summed E-state index contributed by atoms with van der Waals surface area (Å²) in [6.07, 6.45) is 9.09. The lowest BCUT2D eigenvalue weighted by Gasteiger charge is -2.37. The average Bonchev–Trinajstić information content (AvgIpc) is 2.47. The highest BCUT2D eigenvalue weighted by atomic mass is 15.1. The SMILES string of the molecule is CCCNC1CCC(C)CC1CN(C)Cc1ccncc1. The van der Waals surface area contributed by atoms with E-state index in [1.807, 2.05) is 12.4 Å². The molecule has 118 valence electrons. The molecule has 1 heterocycles. The molecule has 0 amide bonds. The standard InChI is InChI=1S/C18H31N3/c1-4-9-20-18-6-5-15(2)12-17(18)14-21(3)13-16-7-10-19-11-8-16/h7-8,10-11,15,17-18,20H,4-6,9,12-14H2,1-3H3. The van der Waals surface area contributed by atoms with Gasteiger partial charge in [-0.2, -0.15) is 0 Å². The predicted molar refractivity (Wildman–Crippen MR) is 89.2 cm³/mol. The van der Waals surface area contributed by atoms with E-state index in [0.29, 0.717) is 6.04 Å². The molecule has 1 aromatic heterocycles. The first-order valence-electron chi connectivity index (χ1n) is 8.49. The largest absolute Gasteiger partial charge is 0.314 e. The van der Waals surface area contributed by atoms with E-state index in [4.69, 9.17) is 0 Å².